The predicted octanol–water partition coefficient (Wildman–Crippen LogP) is 3.82. The van der Waals surface area contributed by atoms with E-state index in [4.69, 9.17) is 14.3 Å². The number of alkyl halides is 3. The van der Waals surface area contributed by atoms with Gasteiger partial charge in [0.2, 0.25) is 0 Å². The number of carboxylic acids is 1. The summed E-state index contributed by atoms with van der Waals surface area (Å²) in [5.41, 5.74) is -0.327. The van der Waals surface area contributed by atoms with Gasteiger partial charge in [0.25, 0.3) is 5.91 Å². The van der Waals surface area contributed by atoms with Crippen molar-refractivity contribution in [3.05, 3.63) is 53.0 Å². The Morgan fingerprint density at radius 2 is 1.96 bits per heavy atom. The lowest BCUT2D eigenvalue weighted by atomic mass is 10.1. The molecule has 0 aliphatic carbocycles. The third-order valence-electron chi connectivity index (χ3n) is 4.02. The number of ether oxygens (including phenoxy) is 1. The Kier molecular flexibility index (Phi) is 6.71. The summed E-state index contributed by atoms with van der Waals surface area (Å²) in [4.78, 5) is 23.3. The second-order valence-corrected chi connectivity index (χ2v) is 6.14. The van der Waals surface area contributed by atoms with Crippen LogP contribution in [0.3, 0.4) is 0 Å². The number of furan rings is 1. The zero-order valence-electron chi connectivity index (χ0n) is 15.3. The van der Waals surface area contributed by atoms with Gasteiger partial charge in [-0.25, -0.2) is 0 Å². The lowest BCUT2D eigenvalue weighted by molar-refractivity contribution is -0.139. The number of aryl methyl sites for hydroxylation is 1. The van der Waals surface area contributed by atoms with Crippen LogP contribution in [0, 0.1) is 6.92 Å². The molecule has 0 bridgehead atoms. The van der Waals surface area contributed by atoms with Crippen LogP contribution in [-0.2, 0) is 17.4 Å². The van der Waals surface area contributed by atoms with E-state index in [-0.39, 0.29) is 23.6 Å². The molecule has 2 aromatic rings. The summed E-state index contributed by atoms with van der Waals surface area (Å²) in [7, 11) is 0. The fraction of sp³-hybridized carbons (Fsp3) is 0.368. The molecule has 0 radical (unpaired) electrons. The molecule has 28 heavy (non-hydrogen) atoms. The first kappa shape index (κ1) is 21.3. The van der Waals surface area contributed by atoms with Gasteiger partial charge in [-0.1, -0.05) is 19.1 Å². The highest BCUT2D eigenvalue weighted by Crippen LogP contribution is 2.36. The number of carbonyl (C=O) groups excluding carboxylic acids is 1. The highest BCUT2D eigenvalue weighted by molar-refractivity contribution is 5.97. The molecule has 152 valence electrons. The maximum atomic E-state index is 13.1. The molecule has 0 saturated carbocycles. The summed E-state index contributed by atoms with van der Waals surface area (Å²) in [6, 6.07) is 4.85. The van der Waals surface area contributed by atoms with Gasteiger partial charge in [0, 0.05) is 5.56 Å². The summed E-state index contributed by atoms with van der Waals surface area (Å²) in [5.74, 6) is -2.03. The minimum atomic E-state index is -4.56. The number of hydrogen-bond acceptors (Lipinski definition) is 4. The average Bonchev–Trinajstić information content (AvgIpc) is 2.97. The van der Waals surface area contributed by atoms with E-state index in [0.717, 1.165) is 6.07 Å². The third-order valence-corrected chi connectivity index (χ3v) is 4.02. The number of carbonyl (C=O) groups is 2. The van der Waals surface area contributed by atoms with Crippen LogP contribution in [0.2, 0.25) is 0 Å². The Hall–Kier alpha value is -2.97. The van der Waals surface area contributed by atoms with Crippen LogP contribution >= 0.6 is 0 Å². The molecule has 1 aromatic heterocycles. The SMILES string of the molecule is CCC(CNC(=O)c1c(C)coc1CC(=O)O)Oc1ccccc1C(F)(F)F. The molecule has 9 heteroatoms. The Labute approximate surface area is 159 Å². The van der Waals surface area contributed by atoms with Crippen molar-refractivity contribution >= 4 is 11.9 Å². The summed E-state index contributed by atoms with van der Waals surface area (Å²) in [6.45, 7) is 3.25. The number of para-hydroxylation sites is 1. The van der Waals surface area contributed by atoms with Gasteiger partial charge in [-0.3, -0.25) is 9.59 Å². The number of carboxylic acid groups (broad SMARTS) is 1. The van der Waals surface area contributed by atoms with Crippen molar-refractivity contribution in [1.82, 2.24) is 5.32 Å². The minimum absolute atomic E-state index is 0.0129. The molecule has 1 heterocycles. The predicted molar refractivity (Wildman–Crippen MR) is 93.3 cm³/mol. The number of nitrogens with one attached hydrogen (secondary N) is 1. The van der Waals surface area contributed by atoms with Gasteiger partial charge in [0.05, 0.1) is 23.9 Å². The molecule has 1 unspecified atom stereocenters. The highest BCUT2D eigenvalue weighted by atomic mass is 19.4. The van der Waals surface area contributed by atoms with Crippen LogP contribution in [0.25, 0.3) is 0 Å². The quantitative estimate of drug-likeness (QED) is 0.705. The smallest absolute Gasteiger partial charge is 0.419 e. The maximum Gasteiger partial charge on any atom is 0.419 e. The summed E-state index contributed by atoms with van der Waals surface area (Å²) < 4.78 is 49.8. The van der Waals surface area contributed by atoms with E-state index in [1.54, 1.807) is 13.8 Å². The third kappa shape index (κ3) is 5.28. The minimum Gasteiger partial charge on any atom is -0.488 e. The van der Waals surface area contributed by atoms with E-state index in [2.05, 4.69) is 5.32 Å². The number of benzene rings is 1. The lowest BCUT2D eigenvalue weighted by Gasteiger charge is -2.21. The maximum absolute atomic E-state index is 13.1. The van der Waals surface area contributed by atoms with Crippen molar-refractivity contribution in [3.63, 3.8) is 0 Å². The normalized spacial score (nSPS) is 12.5. The van der Waals surface area contributed by atoms with Crippen LogP contribution < -0.4 is 10.1 Å². The van der Waals surface area contributed by atoms with Crippen LogP contribution in [0.5, 0.6) is 5.75 Å². The summed E-state index contributed by atoms with van der Waals surface area (Å²) >= 11 is 0. The van der Waals surface area contributed by atoms with E-state index >= 15 is 0 Å². The summed E-state index contributed by atoms with van der Waals surface area (Å²) in [5, 5.41) is 11.5. The number of halogens is 3. The Morgan fingerprint density at radius 3 is 2.57 bits per heavy atom. The topological polar surface area (TPSA) is 88.8 Å². The van der Waals surface area contributed by atoms with Gasteiger partial charge in [-0.05, 0) is 25.5 Å². The van der Waals surface area contributed by atoms with Crippen LogP contribution in [0.4, 0.5) is 13.2 Å². The van der Waals surface area contributed by atoms with Crippen LogP contribution in [-0.4, -0.2) is 29.6 Å². The van der Waals surface area contributed by atoms with E-state index in [0.29, 0.717) is 12.0 Å². The average molecular weight is 399 g/mol. The molecular formula is C19H20F3NO5. The molecular weight excluding hydrogens is 379 g/mol. The number of amides is 1. The van der Waals surface area contributed by atoms with Crippen molar-refractivity contribution in [2.45, 2.75) is 39.0 Å². The highest BCUT2D eigenvalue weighted by Gasteiger charge is 2.34. The van der Waals surface area contributed by atoms with Gasteiger partial charge in [0.1, 0.15) is 24.0 Å². The zero-order valence-corrected chi connectivity index (χ0v) is 15.3. The van der Waals surface area contributed by atoms with Gasteiger partial charge in [-0.2, -0.15) is 13.2 Å². The Balaban J connectivity index is 2.09. The molecule has 0 spiro atoms. The van der Waals surface area contributed by atoms with E-state index in [1.807, 2.05) is 0 Å². The first-order valence-electron chi connectivity index (χ1n) is 8.53. The molecule has 2 rings (SSSR count). The van der Waals surface area contributed by atoms with E-state index < -0.39 is 36.1 Å². The zero-order chi connectivity index (χ0) is 20.9. The molecule has 2 N–H and O–H groups in total. The van der Waals surface area contributed by atoms with E-state index in [1.165, 1.54) is 24.5 Å². The largest absolute Gasteiger partial charge is 0.488 e. The van der Waals surface area contributed by atoms with Crippen LogP contribution in [0.15, 0.2) is 34.9 Å². The van der Waals surface area contributed by atoms with Gasteiger partial charge < -0.3 is 19.6 Å². The Bertz CT molecular complexity index is 844. The summed E-state index contributed by atoms with van der Waals surface area (Å²) in [6.07, 6.45) is -4.09. The monoisotopic (exact) mass is 399 g/mol. The standard InChI is InChI=1S/C19H20F3NO5/c1-3-12(28-14-7-5-4-6-13(14)19(20,21)22)9-23-18(26)17-11(2)10-27-15(17)8-16(24)25/h4-7,10,12H,3,8-9H2,1-2H3,(H,23,26)(H,24,25). The first-order valence-corrected chi connectivity index (χ1v) is 8.53. The molecule has 1 amide bonds. The number of rotatable bonds is 8. The van der Waals surface area contributed by atoms with Crippen molar-refractivity contribution in [2.75, 3.05) is 6.54 Å². The molecule has 0 fully saturated rings. The molecule has 1 atom stereocenters. The van der Waals surface area contributed by atoms with Crippen molar-refractivity contribution in [1.29, 1.82) is 0 Å². The second-order valence-electron chi connectivity index (χ2n) is 6.14. The lowest BCUT2D eigenvalue weighted by Crippen LogP contribution is -2.35. The molecule has 0 aliphatic heterocycles. The van der Waals surface area contributed by atoms with Crippen LogP contribution in [0.1, 0.15) is 40.6 Å². The fourth-order valence-corrected chi connectivity index (χ4v) is 2.62. The van der Waals surface area contributed by atoms with Gasteiger partial charge in [0.15, 0.2) is 0 Å². The first-order chi connectivity index (χ1) is 13.1. The van der Waals surface area contributed by atoms with Crippen molar-refractivity contribution in [3.8, 4) is 5.75 Å². The number of aliphatic carboxylic acids is 1. The fourth-order valence-electron chi connectivity index (χ4n) is 2.62. The van der Waals surface area contributed by atoms with E-state index in [9.17, 15) is 22.8 Å². The molecule has 6 nitrogen and oxygen atoms in total. The number of hydrogen-bond donors (Lipinski definition) is 2. The molecule has 0 saturated heterocycles. The van der Waals surface area contributed by atoms with Crippen molar-refractivity contribution < 1.29 is 37.0 Å². The Morgan fingerprint density at radius 1 is 1.29 bits per heavy atom. The second kappa shape index (κ2) is 8.81. The van der Waals surface area contributed by atoms with Gasteiger partial charge in [-0.15, -0.1) is 0 Å². The molecule has 1 aromatic carbocycles. The van der Waals surface area contributed by atoms with Crippen molar-refractivity contribution in [2.24, 2.45) is 0 Å². The van der Waals surface area contributed by atoms with Gasteiger partial charge >= 0.3 is 12.1 Å². The molecule has 0 aliphatic rings.